The lowest BCUT2D eigenvalue weighted by Gasteiger charge is -1.86. The van der Waals surface area contributed by atoms with Crippen molar-refractivity contribution in [3.8, 4) is 0 Å². The second kappa shape index (κ2) is 9.14. The van der Waals surface area contributed by atoms with E-state index >= 15 is 0 Å². The Labute approximate surface area is 43.3 Å². The zero-order chi connectivity index (χ0) is 4.83. The number of methoxy groups -OCH3 is 1. The molecule has 0 saturated carbocycles. The Bertz CT molecular complexity index is 38.7. The second-order valence-electron chi connectivity index (χ2n) is 0.940. The largest absolute Gasteiger partial charge is 0.412 e. The third-order valence-electron chi connectivity index (χ3n) is 0.454. The van der Waals surface area contributed by atoms with Gasteiger partial charge in [-0.1, -0.05) is 0 Å². The van der Waals surface area contributed by atoms with E-state index in [1.54, 1.807) is 7.11 Å². The van der Waals surface area contributed by atoms with Crippen LogP contribution < -0.4 is 0 Å². The fourth-order valence-corrected chi connectivity index (χ4v) is 0.156. The highest BCUT2D eigenvalue weighted by molar-refractivity contribution is 5.22. The predicted octanol–water partition coefficient (Wildman–Crippen LogP) is -0.491. The minimum absolute atomic E-state index is 0. The number of ether oxygens (including phenoxy) is 1. The molecule has 2 N–H and O–H groups in total. The van der Waals surface area contributed by atoms with Crippen LogP contribution in [0.15, 0.2) is 4.99 Å². The summed E-state index contributed by atoms with van der Waals surface area (Å²) in [6, 6.07) is 0. The maximum atomic E-state index is 4.65. The molecular weight excluding hydrogens is 94.0 g/mol. The van der Waals surface area contributed by atoms with Crippen LogP contribution in [0.25, 0.3) is 0 Å². The minimum atomic E-state index is 0. The smallest absolute Gasteiger partial charge is 0.0657 e. The van der Waals surface area contributed by atoms with Crippen LogP contribution in [-0.2, 0) is 4.74 Å². The molecule has 3 heteroatoms. The number of nitrogens with zero attached hydrogens (tertiary/aromatic N) is 1. The van der Waals surface area contributed by atoms with E-state index in [4.69, 9.17) is 0 Å². The van der Waals surface area contributed by atoms with Gasteiger partial charge in [-0.2, -0.15) is 0 Å². The third kappa shape index (κ3) is 10.7. The first-order valence-corrected chi connectivity index (χ1v) is 1.83. The normalized spacial score (nSPS) is 7.00. The van der Waals surface area contributed by atoms with Crippen LogP contribution in [0.3, 0.4) is 0 Å². The first-order valence-electron chi connectivity index (χ1n) is 1.83. The molecule has 0 atom stereocenters. The van der Waals surface area contributed by atoms with Crippen LogP contribution in [0.2, 0.25) is 0 Å². The van der Waals surface area contributed by atoms with Gasteiger partial charge in [-0.15, -0.1) is 0 Å². The first kappa shape index (κ1) is 9.77. The minimum Gasteiger partial charge on any atom is -0.412 e. The zero-order valence-electron chi connectivity index (χ0n) is 4.48. The molecule has 3 nitrogen and oxygen atoms in total. The van der Waals surface area contributed by atoms with Crippen molar-refractivity contribution in [2.75, 3.05) is 20.3 Å². The summed E-state index contributed by atoms with van der Waals surface area (Å²) in [6.45, 7) is 4.66. The van der Waals surface area contributed by atoms with Gasteiger partial charge >= 0.3 is 0 Å². The number of hydrogen-bond acceptors (Lipinski definition) is 2. The van der Waals surface area contributed by atoms with E-state index in [0.29, 0.717) is 13.2 Å². The summed E-state index contributed by atoms with van der Waals surface area (Å²) >= 11 is 0. The molecule has 0 heterocycles. The summed E-state index contributed by atoms with van der Waals surface area (Å²) in [6.07, 6.45) is 0. The van der Waals surface area contributed by atoms with Crippen molar-refractivity contribution in [1.82, 2.24) is 0 Å². The fraction of sp³-hybridized carbons (Fsp3) is 0.750. The highest BCUT2D eigenvalue weighted by Crippen LogP contribution is 1.64. The van der Waals surface area contributed by atoms with Crippen LogP contribution in [-0.4, -0.2) is 32.5 Å². The molecule has 0 aromatic carbocycles. The van der Waals surface area contributed by atoms with Crippen LogP contribution >= 0.6 is 0 Å². The molecule has 0 aromatic heterocycles. The maximum absolute atomic E-state index is 4.65. The predicted molar refractivity (Wildman–Crippen MR) is 29.9 cm³/mol. The number of hydrogen-bond donors (Lipinski definition) is 0. The number of rotatable bonds is 3. The topological polar surface area (TPSA) is 53.1 Å². The van der Waals surface area contributed by atoms with Crippen molar-refractivity contribution in [1.29, 1.82) is 0 Å². The van der Waals surface area contributed by atoms with Gasteiger partial charge in [0.2, 0.25) is 0 Å². The van der Waals surface area contributed by atoms with Crippen LogP contribution in [0.5, 0.6) is 0 Å². The maximum Gasteiger partial charge on any atom is 0.0657 e. The molecule has 0 aromatic rings. The lowest BCUT2D eigenvalue weighted by Crippen LogP contribution is -1.90. The van der Waals surface area contributed by atoms with Crippen molar-refractivity contribution in [3.05, 3.63) is 0 Å². The molecule has 44 valence electrons. The molecular formula is C4H11NO2. The Morgan fingerprint density at radius 1 is 1.71 bits per heavy atom. The number of aliphatic imine (C=N–C) groups is 1. The van der Waals surface area contributed by atoms with E-state index in [2.05, 4.69) is 16.4 Å². The molecule has 0 aliphatic carbocycles. The Hall–Kier alpha value is -0.410. The monoisotopic (exact) mass is 105 g/mol. The lowest BCUT2D eigenvalue weighted by atomic mass is 10.7. The van der Waals surface area contributed by atoms with Gasteiger partial charge in [-0.3, -0.25) is 4.99 Å². The van der Waals surface area contributed by atoms with E-state index in [1.165, 1.54) is 0 Å². The van der Waals surface area contributed by atoms with Gasteiger partial charge in [0.15, 0.2) is 0 Å². The Morgan fingerprint density at radius 2 is 2.29 bits per heavy atom. The highest BCUT2D eigenvalue weighted by atomic mass is 16.5. The van der Waals surface area contributed by atoms with Gasteiger partial charge in [-0.05, 0) is 6.72 Å². The Balaban J connectivity index is 0. The molecule has 7 heavy (non-hydrogen) atoms. The fourth-order valence-electron chi connectivity index (χ4n) is 0.156. The van der Waals surface area contributed by atoms with Crippen LogP contribution in [0, 0.1) is 0 Å². The quantitative estimate of drug-likeness (QED) is 0.353. The molecule has 0 aliphatic rings. The third-order valence-corrected chi connectivity index (χ3v) is 0.454. The van der Waals surface area contributed by atoms with E-state index in [1.807, 2.05) is 0 Å². The van der Waals surface area contributed by atoms with E-state index < -0.39 is 0 Å². The van der Waals surface area contributed by atoms with Crippen molar-refractivity contribution in [2.24, 2.45) is 4.99 Å². The van der Waals surface area contributed by atoms with Crippen molar-refractivity contribution < 1.29 is 10.2 Å². The Kier molecular flexibility index (Phi) is 12.8. The summed E-state index contributed by atoms with van der Waals surface area (Å²) < 4.78 is 4.65. The van der Waals surface area contributed by atoms with E-state index in [0.717, 1.165) is 0 Å². The van der Waals surface area contributed by atoms with Gasteiger partial charge in [0.25, 0.3) is 0 Å². The van der Waals surface area contributed by atoms with Crippen LogP contribution in [0.4, 0.5) is 0 Å². The summed E-state index contributed by atoms with van der Waals surface area (Å²) in [4.78, 5) is 3.55. The molecule has 0 unspecified atom stereocenters. The lowest BCUT2D eigenvalue weighted by molar-refractivity contribution is 0.208. The molecule has 0 radical (unpaired) electrons. The van der Waals surface area contributed by atoms with Gasteiger partial charge < -0.3 is 10.2 Å². The summed E-state index contributed by atoms with van der Waals surface area (Å²) in [5.74, 6) is 0. The van der Waals surface area contributed by atoms with Crippen molar-refractivity contribution in [2.45, 2.75) is 0 Å². The van der Waals surface area contributed by atoms with Gasteiger partial charge in [0.1, 0.15) is 0 Å². The van der Waals surface area contributed by atoms with Gasteiger partial charge in [0.05, 0.1) is 13.2 Å². The van der Waals surface area contributed by atoms with E-state index in [9.17, 15) is 0 Å². The SMILES string of the molecule is C=NCCOC.O. The summed E-state index contributed by atoms with van der Waals surface area (Å²) in [5, 5.41) is 0. The van der Waals surface area contributed by atoms with Gasteiger partial charge in [-0.25, -0.2) is 0 Å². The zero-order valence-corrected chi connectivity index (χ0v) is 4.48. The molecule has 0 saturated heterocycles. The second-order valence-corrected chi connectivity index (χ2v) is 0.940. The molecule has 0 amide bonds. The summed E-state index contributed by atoms with van der Waals surface area (Å²) in [7, 11) is 1.64. The molecule has 0 fully saturated rings. The van der Waals surface area contributed by atoms with Crippen molar-refractivity contribution in [3.63, 3.8) is 0 Å². The summed E-state index contributed by atoms with van der Waals surface area (Å²) in [5.41, 5.74) is 0. The first-order chi connectivity index (χ1) is 2.91. The standard InChI is InChI=1S/C4H9NO.H2O/c1-5-3-4-6-2;/h1,3-4H2,2H3;1H2. The van der Waals surface area contributed by atoms with Crippen molar-refractivity contribution >= 4 is 6.72 Å². The molecule has 0 bridgehead atoms. The average molecular weight is 105 g/mol. The molecule has 0 spiro atoms. The van der Waals surface area contributed by atoms with E-state index in [-0.39, 0.29) is 5.48 Å². The Morgan fingerprint density at radius 3 is 2.43 bits per heavy atom. The van der Waals surface area contributed by atoms with Gasteiger partial charge in [0, 0.05) is 7.11 Å². The average Bonchev–Trinajstić information content (AvgIpc) is 1.61. The molecule has 0 aliphatic heterocycles. The molecule has 0 rings (SSSR count). The highest BCUT2D eigenvalue weighted by Gasteiger charge is 1.70. The van der Waals surface area contributed by atoms with Crippen LogP contribution in [0.1, 0.15) is 0 Å².